The Kier molecular flexibility index (Phi) is 4.98. The molecule has 0 saturated heterocycles. The van der Waals surface area contributed by atoms with Crippen LogP contribution in [-0.4, -0.2) is 40.9 Å². The largest absolute Gasteiger partial charge is 0.480 e. The van der Waals surface area contributed by atoms with Crippen LogP contribution in [0, 0.1) is 0 Å². The van der Waals surface area contributed by atoms with Gasteiger partial charge in [0.25, 0.3) is 11.8 Å². The van der Waals surface area contributed by atoms with Crippen LogP contribution in [0.1, 0.15) is 21.5 Å². The lowest BCUT2D eigenvalue weighted by molar-refractivity contribution is -0.141. The molecular formula is C19H13F2NO5. The van der Waals surface area contributed by atoms with E-state index in [9.17, 15) is 23.2 Å². The number of alkyl halides is 2. The van der Waals surface area contributed by atoms with E-state index in [0.717, 1.165) is 0 Å². The number of carboxylic acid groups (broad SMARTS) is 1. The summed E-state index contributed by atoms with van der Waals surface area (Å²) in [6.07, 6.45) is 1.31. The summed E-state index contributed by atoms with van der Waals surface area (Å²) >= 11 is 0. The summed E-state index contributed by atoms with van der Waals surface area (Å²) in [5.74, 6) is -3.05. The van der Waals surface area contributed by atoms with Crippen LogP contribution in [-0.2, 0) is 9.59 Å². The zero-order chi connectivity index (χ0) is 19.6. The summed E-state index contributed by atoms with van der Waals surface area (Å²) in [5, 5.41) is 9.00. The van der Waals surface area contributed by atoms with Gasteiger partial charge in [-0.2, -0.15) is 8.78 Å². The Bertz CT molecular complexity index is 955. The van der Waals surface area contributed by atoms with E-state index in [1.54, 1.807) is 18.2 Å². The lowest BCUT2D eigenvalue weighted by atomic mass is 9.92. The van der Waals surface area contributed by atoms with E-state index < -0.39 is 30.9 Å². The fraction of sp³-hybridized carbons (Fsp3) is 0.105. The molecule has 0 aliphatic carbocycles. The maximum Gasteiger partial charge on any atom is 0.387 e. The number of imide groups is 1. The number of para-hydroxylation sites is 1. The Hall–Kier alpha value is -3.55. The van der Waals surface area contributed by atoms with Crippen molar-refractivity contribution in [2.45, 2.75) is 6.61 Å². The summed E-state index contributed by atoms with van der Waals surface area (Å²) < 4.78 is 29.7. The van der Waals surface area contributed by atoms with Gasteiger partial charge in [-0.15, -0.1) is 0 Å². The highest BCUT2D eigenvalue weighted by Crippen LogP contribution is 2.32. The number of carboxylic acids is 1. The number of fused-ring (bicyclic) bond motifs is 1. The number of aliphatic carboxylic acids is 1. The molecule has 0 spiro atoms. The SMILES string of the molecule is O=C(O)CN1C(=O)/C(=C\c2ccccc2OC(F)F)c2ccccc2C1=O. The smallest absolute Gasteiger partial charge is 0.387 e. The van der Waals surface area contributed by atoms with Crippen molar-refractivity contribution in [3.8, 4) is 5.75 Å². The molecule has 0 unspecified atom stereocenters. The van der Waals surface area contributed by atoms with E-state index in [2.05, 4.69) is 4.74 Å². The molecule has 8 heteroatoms. The zero-order valence-electron chi connectivity index (χ0n) is 13.8. The molecule has 6 nitrogen and oxygen atoms in total. The number of amides is 2. The maximum atomic E-state index is 12.8. The fourth-order valence-electron chi connectivity index (χ4n) is 2.78. The molecule has 3 rings (SSSR count). The van der Waals surface area contributed by atoms with Crippen molar-refractivity contribution in [3.05, 3.63) is 65.2 Å². The molecule has 1 aliphatic heterocycles. The van der Waals surface area contributed by atoms with E-state index in [1.807, 2.05) is 0 Å². The van der Waals surface area contributed by atoms with Gasteiger partial charge in [-0.05, 0) is 23.8 Å². The predicted octanol–water partition coefficient (Wildman–Crippen LogP) is 2.90. The first-order valence-electron chi connectivity index (χ1n) is 7.81. The van der Waals surface area contributed by atoms with Crippen molar-refractivity contribution < 1.29 is 33.0 Å². The number of hydrogen-bond donors (Lipinski definition) is 1. The molecule has 2 amide bonds. The third-order valence-corrected chi connectivity index (χ3v) is 3.90. The monoisotopic (exact) mass is 373 g/mol. The van der Waals surface area contributed by atoms with Crippen LogP contribution >= 0.6 is 0 Å². The molecule has 0 atom stereocenters. The third kappa shape index (κ3) is 3.69. The van der Waals surface area contributed by atoms with Crippen LogP contribution in [0.4, 0.5) is 8.78 Å². The number of ether oxygens (including phenoxy) is 1. The van der Waals surface area contributed by atoms with Crippen molar-refractivity contribution >= 4 is 29.4 Å². The highest BCUT2D eigenvalue weighted by molar-refractivity contribution is 6.34. The molecule has 1 aliphatic rings. The second-order valence-electron chi connectivity index (χ2n) is 5.61. The van der Waals surface area contributed by atoms with Crippen molar-refractivity contribution in [3.63, 3.8) is 0 Å². The Morgan fingerprint density at radius 1 is 1.04 bits per heavy atom. The Morgan fingerprint density at radius 3 is 2.33 bits per heavy atom. The number of hydrogen-bond acceptors (Lipinski definition) is 4. The van der Waals surface area contributed by atoms with Gasteiger partial charge in [-0.1, -0.05) is 36.4 Å². The van der Waals surface area contributed by atoms with Gasteiger partial charge < -0.3 is 9.84 Å². The minimum absolute atomic E-state index is 0.0109. The minimum atomic E-state index is -3.05. The number of nitrogens with zero attached hydrogens (tertiary/aromatic N) is 1. The molecule has 1 heterocycles. The van der Waals surface area contributed by atoms with Crippen molar-refractivity contribution in [1.82, 2.24) is 4.90 Å². The standard InChI is InChI=1S/C19H13F2NO5/c20-19(21)27-15-8-4-1-5-11(15)9-14-12-6-2-3-7-13(12)17(25)22(18(14)26)10-16(23)24/h1-9,19H,10H2,(H,23,24)/b14-9-. The Labute approximate surface area is 152 Å². The highest BCUT2D eigenvalue weighted by atomic mass is 19.3. The first-order chi connectivity index (χ1) is 12.9. The molecule has 0 bridgehead atoms. The Balaban J connectivity index is 2.15. The van der Waals surface area contributed by atoms with Crippen LogP contribution in [0.25, 0.3) is 11.6 Å². The second-order valence-corrected chi connectivity index (χ2v) is 5.61. The molecule has 27 heavy (non-hydrogen) atoms. The van der Waals surface area contributed by atoms with Crippen LogP contribution in [0.15, 0.2) is 48.5 Å². The average molecular weight is 373 g/mol. The number of carbonyl (C=O) groups excluding carboxylic acids is 2. The molecule has 2 aromatic carbocycles. The van der Waals surface area contributed by atoms with Crippen molar-refractivity contribution in [1.29, 1.82) is 0 Å². The normalized spacial score (nSPS) is 15.2. The molecule has 0 radical (unpaired) electrons. The average Bonchev–Trinajstić information content (AvgIpc) is 2.63. The van der Waals surface area contributed by atoms with Gasteiger partial charge in [0.2, 0.25) is 0 Å². The van der Waals surface area contributed by atoms with E-state index in [1.165, 1.54) is 36.4 Å². The lowest BCUT2D eigenvalue weighted by Crippen LogP contribution is -2.44. The van der Waals surface area contributed by atoms with Crippen LogP contribution in [0.2, 0.25) is 0 Å². The molecule has 1 N–H and O–H groups in total. The molecule has 2 aromatic rings. The van der Waals surface area contributed by atoms with Crippen molar-refractivity contribution in [2.75, 3.05) is 6.54 Å². The summed E-state index contributed by atoms with van der Waals surface area (Å²) in [5.41, 5.74) is 0.648. The highest BCUT2D eigenvalue weighted by Gasteiger charge is 2.35. The molecule has 0 aromatic heterocycles. The molecule has 0 saturated carbocycles. The lowest BCUT2D eigenvalue weighted by Gasteiger charge is -2.27. The summed E-state index contributed by atoms with van der Waals surface area (Å²) in [6.45, 7) is -3.86. The van der Waals surface area contributed by atoms with Gasteiger partial charge in [0.05, 0.1) is 0 Å². The first kappa shape index (κ1) is 18.2. The van der Waals surface area contributed by atoms with E-state index in [-0.39, 0.29) is 22.4 Å². The topological polar surface area (TPSA) is 83.9 Å². The summed E-state index contributed by atoms with van der Waals surface area (Å²) in [7, 11) is 0. The van der Waals surface area contributed by atoms with Gasteiger partial charge in [0.1, 0.15) is 12.3 Å². The molecular weight excluding hydrogens is 360 g/mol. The van der Waals surface area contributed by atoms with Crippen molar-refractivity contribution in [2.24, 2.45) is 0 Å². The quantitative estimate of drug-likeness (QED) is 0.644. The van der Waals surface area contributed by atoms with Gasteiger partial charge in [-0.3, -0.25) is 19.3 Å². The number of halogens is 2. The molecule has 138 valence electrons. The summed E-state index contributed by atoms with van der Waals surface area (Å²) in [6, 6.07) is 12.1. The predicted molar refractivity (Wildman–Crippen MR) is 91.1 cm³/mol. The fourth-order valence-corrected chi connectivity index (χ4v) is 2.78. The number of rotatable bonds is 5. The minimum Gasteiger partial charge on any atom is -0.480 e. The Morgan fingerprint density at radius 2 is 1.67 bits per heavy atom. The van der Waals surface area contributed by atoms with E-state index >= 15 is 0 Å². The van der Waals surface area contributed by atoms with E-state index in [0.29, 0.717) is 10.5 Å². The van der Waals surface area contributed by atoms with Crippen LogP contribution < -0.4 is 4.74 Å². The van der Waals surface area contributed by atoms with Gasteiger partial charge >= 0.3 is 12.6 Å². The van der Waals surface area contributed by atoms with Gasteiger partial charge in [-0.25, -0.2) is 0 Å². The maximum absolute atomic E-state index is 12.8. The van der Waals surface area contributed by atoms with E-state index in [4.69, 9.17) is 5.11 Å². The first-order valence-corrected chi connectivity index (χ1v) is 7.81. The third-order valence-electron chi connectivity index (χ3n) is 3.90. The second kappa shape index (κ2) is 7.36. The zero-order valence-corrected chi connectivity index (χ0v) is 13.8. The van der Waals surface area contributed by atoms with Crippen LogP contribution in [0.3, 0.4) is 0 Å². The van der Waals surface area contributed by atoms with Gasteiger partial charge in [0, 0.05) is 16.7 Å². The molecule has 0 fully saturated rings. The number of benzene rings is 2. The number of carbonyl (C=O) groups is 3. The van der Waals surface area contributed by atoms with Gasteiger partial charge in [0.15, 0.2) is 0 Å². The summed E-state index contributed by atoms with van der Waals surface area (Å²) in [4.78, 5) is 36.9. The van der Waals surface area contributed by atoms with Crippen LogP contribution in [0.5, 0.6) is 5.75 Å².